The zero-order valence-corrected chi connectivity index (χ0v) is 12.2. The van der Waals surface area contributed by atoms with Gasteiger partial charge >= 0.3 is 5.51 Å². The number of nitrogens with one attached hydrogen (secondary N) is 1. The van der Waals surface area contributed by atoms with Gasteiger partial charge in [-0.3, -0.25) is 4.79 Å². The first-order valence-electron chi connectivity index (χ1n) is 5.81. The third-order valence-electron chi connectivity index (χ3n) is 2.50. The summed E-state index contributed by atoms with van der Waals surface area (Å²) in [6.45, 7) is 0.327. The number of alkyl halides is 3. The maximum absolute atomic E-state index is 12.5. The van der Waals surface area contributed by atoms with Crippen LogP contribution < -0.4 is 11.1 Å². The molecule has 0 radical (unpaired) electrons. The van der Waals surface area contributed by atoms with Gasteiger partial charge in [-0.15, -0.1) is 11.3 Å². The summed E-state index contributed by atoms with van der Waals surface area (Å²) in [6, 6.07) is 7.82. The van der Waals surface area contributed by atoms with Crippen LogP contribution in [0.25, 0.3) is 0 Å². The van der Waals surface area contributed by atoms with Crippen LogP contribution >= 0.6 is 23.1 Å². The molecule has 0 saturated carbocycles. The molecule has 0 fully saturated rings. The van der Waals surface area contributed by atoms with Crippen molar-refractivity contribution in [3.05, 3.63) is 46.2 Å². The molecule has 3 nitrogen and oxygen atoms in total. The first-order valence-corrected chi connectivity index (χ1v) is 7.50. The molecule has 1 aromatic carbocycles. The van der Waals surface area contributed by atoms with E-state index >= 15 is 0 Å². The first-order chi connectivity index (χ1) is 9.85. The van der Waals surface area contributed by atoms with E-state index < -0.39 is 11.4 Å². The molecule has 21 heavy (non-hydrogen) atoms. The lowest BCUT2D eigenvalue weighted by Gasteiger charge is -2.12. The Morgan fingerprint density at radius 1 is 1.33 bits per heavy atom. The van der Waals surface area contributed by atoms with E-state index in [0.29, 0.717) is 17.8 Å². The lowest BCUT2D eigenvalue weighted by atomic mass is 10.3. The van der Waals surface area contributed by atoms with Crippen LogP contribution in [0.4, 0.5) is 18.9 Å². The fraction of sp³-hybridized carbons (Fsp3) is 0.154. The van der Waals surface area contributed by atoms with E-state index in [2.05, 4.69) is 5.32 Å². The number of carbonyl (C=O) groups excluding carboxylic acids is 1. The minimum absolute atomic E-state index is 0.108. The zero-order valence-electron chi connectivity index (χ0n) is 10.6. The molecule has 112 valence electrons. The molecule has 0 atom stereocenters. The fourth-order valence-electron chi connectivity index (χ4n) is 1.61. The zero-order chi connectivity index (χ0) is 15.5. The summed E-state index contributed by atoms with van der Waals surface area (Å²) in [5.74, 6) is -0.523. The maximum Gasteiger partial charge on any atom is 0.446 e. The van der Waals surface area contributed by atoms with Crippen LogP contribution in [-0.4, -0.2) is 11.4 Å². The Morgan fingerprint density at radius 2 is 2.05 bits per heavy atom. The van der Waals surface area contributed by atoms with Gasteiger partial charge in [0.05, 0.1) is 5.56 Å². The number of hydrogen-bond donors (Lipinski definition) is 2. The SMILES string of the molecule is NC(=O)c1csc(CNc2ccccc2SC(F)(F)F)c1. The molecule has 0 saturated heterocycles. The third-order valence-corrected chi connectivity index (χ3v) is 4.25. The van der Waals surface area contributed by atoms with E-state index in [9.17, 15) is 18.0 Å². The van der Waals surface area contributed by atoms with Crippen LogP contribution in [0.2, 0.25) is 0 Å². The van der Waals surface area contributed by atoms with E-state index in [0.717, 1.165) is 4.88 Å². The summed E-state index contributed by atoms with van der Waals surface area (Å²) in [5.41, 5.74) is 1.61. The van der Waals surface area contributed by atoms with Crippen molar-refractivity contribution < 1.29 is 18.0 Å². The van der Waals surface area contributed by atoms with Crippen LogP contribution in [0, 0.1) is 0 Å². The highest BCUT2D eigenvalue weighted by Gasteiger charge is 2.30. The van der Waals surface area contributed by atoms with Gasteiger partial charge in [0.25, 0.3) is 0 Å². The van der Waals surface area contributed by atoms with Crippen molar-refractivity contribution in [1.29, 1.82) is 0 Å². The Hall–Kier alpha value is -1.67. The Kier molecular flexibility index (Phi) is 4.79. The molecular weight excluding hydrogens is 321 g/mol. The second-order valence-electron chi connectivity index (χ2n) is 4.06. The predicted octanol–water partition coefficient (Wildman–Crippen LogP) is 4.07. The minimum atomic E-state index is -4.33. The molecule has 0 aliphatic heterocycles. The summed E-state index contributed by atoms with van der Waals surface area (Å²) in [5, 5.41) is 4.56. The number of carbonyl (C=O) groups is 1. The minimum Gasteiger partial charge on any atom is -0.379 e. The molecule has 0 aliphatic carbocycles. The van der Waals surface area contributed by atoms with E-state index in [4.69, 9.17) is 5.73 Å². The number of anilines is 1. The smallest absolute Gasteiger partial charge is 0.379 e. The van der Waals surface area contributed by atoms with Crippen molar-refractivity contribution in [2.45, 2.75) is 16.9 Å². The second kappa shape index (κ2) is 6.40. The molecule has 8 heteroatoms. The van der Waals surface area contributed by atoms with E-state index in [1.807, 2.05) is 0 Å². The quantitative estimate of drug-likeness (QED) is 0.812. The fourth-order valence-corrected chi connectivity index (χ4v) is 3.07. The van der Waals surface area contributed by atoms with Gasteiger partial charge < -0.3 is 11.1 Å². The Morgan fingerprint density at radius 3 is 2.67 bits per heavy atom. The molecule has 2 rings (SSSR count). The molecule has 2 aromatic rings. The lowest BCUT2D eigenvalue weighted by Crippen LogP contribution is -2.09. The normalized spacial score (nSPS) is 11.4. The maximum atomic E-state index is 12.5. The highest BCUT2D eigenvalue weighted by molar-refractivity contribution is 8.00. The molecular formula is C13H11F3N2OS2. The molecule has 1 heterocycles. The topological polar surface area (TPSA) is 55.1 Å². The highest BCUT2D eigenvalue weighted by atomic mass is 32.2. The van der Waals surface area contributed by atoms with Gasteiger partial charge in [0, 0.05) is 27.4 Å². The van der Waals surface area contributed by atoms with Crippen molar-refractivity contribution in [3.8, 4) is 0 Å². The summed E-state index contributed by atoms with van der Waals surface area (Å²) < 4.78 is 37.4. The van der Waals surface area contributed by atoms with E-state index in [1.165, 1.54) is 17.4 Å². The summed E-state index contributed by atoms with van der Waals surface area (Å²) >= 11 is 1.16. The summed E-state index contributed by atoms with van der Waals surface area (Å²) in [4.78, 5) is 11.9. The van der Waals surface area contributed by atoms with Crippen LogP contribution in [0.5, 0.6) is 0 Å². The number of para-hydroxylation sites is 1. The number of halogens is 3. The summed E-state index contributed by atoms with van der Waals surface area (Å²) in [6.07, 6.45) is 0. The Labute approximate surface area is 127 Å². The van der Waals surface area contributed by atoms with E-state index in [1.54, 1.807) is 29.6 Å². The van der Waals surface area contributed by atoms with E-state index in [-0.39, 0.29) is 16.7 Å². The molecule has 1 aromatic heterocycles. The highest BCUT2D eigenvalue weighted by Crippen LogP contribution is 2.40. The predicted molar refractivity (Wildman–Crippen MR) is 78.5 cm³/mol. The number of rotatable bonds is 5. The number of hydrogen-bond acceptors (Lipinski definition) is 4. The molecule has 1 amide bonds. The van der Waals surface area contributed by atoms with Gasteiger partial charge in [-0.2, -0.15) is 13.2 Å². The van der Waals surface area contributed by atoms with Crippen LogP contribution in [-0.2, 0) is 6.54 Å². The average molecular weight is 332 g/mol. The molecule has 0 bridgehead atoms. The third kappa shape index (κ3) is 4.68. The molecule has 3 N–H and O–H groups in total. The lowest BCUT2D eigenvalue weighted by molar-refractivity contribution is -0.0328. The Bertz CT molecular complexity index is 640. The van der Waals surface area contributed by atoms with Gasteiger partial charge in [-0.25, -0.2) is 0 Å². The summed E-state index contributed by atoms with van der Waals surface area (Å²) in [7, 11) is 0. The number of benzene rings is 1. The largest absolute Gasteiger partial charge is 0.446 e. The van der Waals surface area contributed by atoms with Crippen molar-refractivity contribution in [2.24, 2.45) is 5.73 Å². The average Bonchev–Trinajstić information content (AvgIpc) is 2.85. The molecule has 0 unspecified atom stereocenters. The number of thiophene rings is 1. The van der Waals surface area contributed by atoms with Gasteiger partial charge in [-0.05, 0) is 30.0 Å². The first kappa shape index (κ1) is 15.7. The second-order valence-corrected chi connectivity index (χ2v) is 6.17. The van der Waals surface area contributed by atoms with Gasteiger partial charge in [-0.1, -0.05) is 12.1 Å². The monoisotopic (exact) mass is 332 g/mol. The molecule has 0 spiro atoms. The van der Waals surface area contributed by atoms with Crippen LogP contribution in [0.15, 0.2) is 40.6 Å². The van der Waals surface area contributed by atoms with Crippen molar-refractivity contribution in [2.75, 3.05) is 5.32 Å². The van der Waals surface area contributed by atoms with Crippen molar-refractivity contribution >= 4 is 34.7 Å². The van der Waals surface area contributed by atoms with Gasteiger partial charge in [0.2, 0.25) is 5.91 Å². The van der Waals surface area contributed by atoms with Crippen molar-refractivity contribution in [1.82, 2.24) is 0 Å². The number of nitrogens with two attached hydrogens (primary N) is 1. The van der Waals surface area contributed by atoms with Gasteiger partial charge in [0.15, 0.2) is 0 Å². The van der Waals surface area contributed by atoms with Crippen molar-refractivity contribution in [3.63, 3.8) is 0 Å². The number of amides is 1. The molecule has 0 aliphatic rings. The van der Waals surface area contributed by atoms with Crippen LogP contribution in [0.1, 0.15) is 15.2 Å². The van der Waals surface area contributed by atoms with Crippen LogP contribution in [0.3, 0.4) is 0 Å². The standard InChI is InChI=1S/C13H11F3N2OS2/c14-13(15,16)21-11-4-2-1-3-10(11)18-6-9-5-8(7-20-9)12(17)19/h1-5,7,18H,6H2,(H2,17,19). The number of thioether (sulfide) groups is 1. The van der Waals surface area contributed by atoms with Gasteiger partial charge in [0.1, 0.15) is 0 Å². The number of primary amides is 1. The Balaban J connectivity index is 2.07.